The minimum absolute atomic E-state index is 0.00772. The van der Waals surface area contributed by atoms with Crippen molar-refractivity contribution in [3.8, 4) is 0 Å². The highest BCUT2D eigenvalue weighted by atomic mass is 16.1. The van der Waals surface area contributed by atoms with Crippen molar-refractivity contribution in [2.45, 2.75) is 65.3 Å². The Hall–Kier alpha value is -1.32. The summed E-state index contributed by atoms with van der Waals surface area (Å²) in [5, 5.41) is 7.24. The van der Waals surface area contributed by atoms with Crippen LogP contribution in [0, 0.1) is 6.92 Å². The van der Waals surface area contributed by atoms with Crippen molar-refractivity contribution in [3.05, 3.63) is 17.5 Å². The maximum Gasteiger partial charge on any atom is 0.254 e. The molecule has 0 bridgehead atoms. The van der Waals surface area contributed by atoms with Gasteiger partial charge in [-0.25, -0.2) is 0 Å². The SMILES string of the molecule is CCCCCCCC(C)NC(=O)c1cn(C)nc1C. The summed E-state index contributed by atoms with van der Waals surface area (Å²) in [6.07, 6.45) is 9.17. The Morgan fingerprint density at radius 1 is 1.37 bits per heavy atom. The number of unbranched alkanes of at least 4 members (excludes halogenated alkanes) is 4. The van der Waals surface area contributed by atoms with Crippen molar-refractivity contribution >= 4 is 5.91 Å². The van der Waals surface area contributed by atoms with Crippen molar-refractivity contribution in [2.75, 3.05) is 0 Å². The minimum atomic E-state index is -0.00772. The number of nitrogens with zero attached hydrogens (tertiary/aromatic N) is 2. The van der Waals surface area contributed by atoms with Gasteiger partial charge in [0.1, 0.15) is 0 Å². The van der Waals surface area contributed by atoms with E-state index in [1.165, 1.54) is 32.1 Å². The van der Waals surface area contributed by atoms with Crippen LogP contribution in [0.1, 0.15) is 68.4 Å². The van der Waals surface area contributed by atoms with Crippen LogP contribution in [0.25, 0.3) is 0 Å². The van der Waals surface area contributed by atoms with E-state index < -0.39 is 0 Å². The summed E-state index contributed by atoms with van der Waals surface area (Å²) >= 11 is 0. The number of amides is 1. The first-order valence-corrected chi connectivity index (χ1v) is 7.35. The van der Waals surface area contributed by atoms with Gasteiger partial charge in [-0.2, -0.15) is 5.10 Å². The van der Waals surface area contributed by atoms with E-state index in [1.807, 2.05) is 14.0 Å². The zero-order valence-corrected chi connectivity index (χ0v) is 12.7. The second-order valence-electron chi connectivity index (χ2n) is 5.38. The fourth-order valence-corrected chi connectivity index (χ4v) is 2.25. The normalized spacial score (nSPS) is 12.4. The fraction of sp³-hybridized carbons (Fsp3) is 0.733. The molecule has 0 aliphatic rings. The van der Waals surface area contributed by atoms with E-state index in [9.17, 15) is 4.79 Å². The van der Waals surface area contributed by atoms with Gasteiger partial charge in [0.05, 0.1) is 11.3 Å². The molecule has 1 N–H and O–H groups in total. The molecule has 0 radical (unpaired) electrons. The fourth-order valence-electron chi connectivity index (χ4n) is 2.25. The Morgan fingerprint density at radius 2 is 2.05 bits per heavy atom. The van der Waals surface area contributed by atoms with Crippen molar-refractivity contribution in [1.82, 2.24) is 15.1 Å². The van der Waals surface area contributed by atoms with Crippen LogP contribution in [0.2, 0.25) is 0 Å². The van der Waals surface area contributed by atoms with Crippen molar-refractivity contribution in [3.63, 3.8) is 0 Å². The molecular formula is C15H27N3O. The van der Waals surface area contributed by atoms with Crippen LogP contribution in [-0.4, -0.2) is 21.7 Å². The molecule has 1 heterocycles. The van der Waals surface area contributed by atoms with Crippen molar-refractivity contribution in [2.24, 2.45) is 7.05 Å². The zero-order chi connectivity index (χ0) is 14.3. The summed E-state index contributed by atoms with van der Waals surface area (Å²) in [6.45, 7) is 6.16. The second-order valence-corrected chi connectivity index (χ2v) is 5.38. The highest BCUT2D eigenvalue weighted by molar-refractivity contribution is 5.95. The van der Waals surface area contributed by atoms with Crippen molar-refractivity contribution in [1.29, 1.82) is 0 Å². The molecule has 0 aromatic carbocycles. The number of hydrogen-bond acceptors (Lipinski definition) is 2. The van der Waals surface area contributed by atoms with Gasteiger partial charge in [-0.15, -0.1) is 0 Å². The van der Waals surface area contributed by atoms with E-state index in [1.54, 1.807) is 10.9 Å². The van der Waals surface area contributed by atoms with E-state index in [-0.39, 0.29) is 11.9 Å². The third-order valence-corrected chi connectivity index (χ3v) is 3.38. The van der Waals surface area contributed by atoms with E-state index in [0.717, 1.165) is 12.1 Å². The Morgan fingerprint density at radius 3 is 2.63 bits per heavy atom. The number of rotatable bonds is 8. The summed E-state index contributed by atoms with van der Waals surface area (Å²) in [5.74, 6) is -0.00772. The van der Waals surface area contributed by atoms with Crippen LogP contribution in [0.3, 0.4) is 0 Å². The molecule has 0 spiro atoms. The van der Waals surface area contributed by atoms with Gasteiger partial charge in [-0.3, -0.25) is 9.48 Å². The molecule has 1 aromatic heterocycles. The number of hydrogen-bond donors (Lipinski definition) is 1. The van der Waals surface area contributed by atoms with Crippen LogP contribution in [0.5, 0.6) is 0 Å². The number of aryl methyl sites for hydroxylation is 2. The maximum atomic E-state index is 12.1. The summed E-state index contributed by atoms with van der Waals surface area (Å²) < 4.78 is 1.68. The summed E-state index contributed by atoms with van der Waals surface area (Å²) in [7, 11) is 1.83. The number of aromatic nitrogens is 2. The first kappa shape index (κ1) is 15.7. The molecule has 0 aliphatic carbocycles. The lowest BCUT2D eigenvalue weighted by molar-refractivity contribution is 0.0937. The predicted molar refractivity (Wildman–Crippen MR) is 78.2 cm³/mol. The summed E-state index contributed by atoms with van der Waals surface area (Å²) in [5.41, 5.74) is 1.47. The highest BCUT2D eigenvalue weighted by Gasteiger charge is 2.14. The first-order chi connectivity index (χ1) is 9.04. The van der Waals surface area contributed by atoms with Crippen LogP contribution >= 0.6 is 0 Å². The van der Waals surface area contributed by atoms with Gasteiger partial charge in [0.15, 0.2) is 0 Å². The van der Waals surface area contributed by atoms with E-state index >= 15 is 0 Å². The van der Waals surface area contributed by atoms with E-state index in [4.69, 9.17) is 0 Å². The number of carbonyl (C=O) groups is 1. The van der Waals surface area contributed by atoms with Crippen LogP contribution in [-0.2, 0) is 7.05 Å². The molecule has 4 heteroatoms. The highest BCUT2D eigenvalue weighted by Crippen LogP contribution is 2.09. The molecule has 1 amide bonds. The molecule has 0 saturated heterocycles. The standard InChI is InChI=1S/C15H27N3O/c1-5-6-7-8-9-10-12(2)16-15(19)14-11-18(4)17-13(14)3/h11-12H,5-10H2,1-4H3,(H,16,19). The lowest BCUT2D eigenvalue weighted by Gasteiger charge is -2.13. The lowest BCUT2D eigenvalue weighted by atomic mass is 10.1. The minimum Gasteiger partial charge on any atom is -0.349 e. The van der Waals surface area contributed by atoms with Crippen LogP contribution < -0.4 is 5.32 Å². The summed E-state index contributed by atoms with van der Waals surface area (Å²) in [6, 6.07) is 0.230. The molecule has 0 saturated carbocycles. The molecule has 4 nitrogen and oxygen atoms in total. The Balaban J connectivity index is 2.30. The second kappa shape index (κ2) is 7.97. The molecule has 1 aromatic rings. The Bertz CT molecular complexity index is 398. The van der Waals surface area contributed by atoms with Gasteiger partial charge in [0.25, 0.3) is 5.91 Å². The smallest absolute Gasteiger partial charge is 0.254 e. The molecular weight excluding hydrogens is 238 g/mol. The average Bonchev–Trinajstić information content (AvgIpc) is 2.68. The predicted octanol–water partition coefficient (Wildman–Crippen LogP) is 3.21. The third-order valence-electron chi connectivity index (χ3n) is 3.38. The average molecular weight is 265 g/mol. The molecule has 1 unspecified atom stereocenters. The van der Waals surface area contributed by atoms with Crippen LogP contribution in [0.15, 0.2) is 6.20 Å². The van der Waals surface area contributed by atoms with Crippen molar-refractivity contribution < 1.29 is 4.79 Å². The quantitative estimate of drug-likeness (QED) is 0.734. The molecule has 19 heavy (non-hydrogen) atoms. The van der Waals surface area contributed by atoms with E-state index in [2.05, 4.69) is 24.3 Å². The molecule has 108 valence electrons. The number of nitrogens with one attached hydrogen (secondary N) is 1. The number of carbonyl (C=O) groups excluding carboxylic acids is 1. The molecule has 0 fully saturated rings. The van der Waals surface area contributed by atoms with Gasteiger partial charge in [0.2, 0.25) is 0 Å². The largest absolute Gasteiger partial charge is 0.349 e. The first-order valence-electron chi connectivity index (χ1n) is 7.35. The monoisotopic (exact) mass is 265 g/mol. The van der Waals surface area contributed by atoms with Gasteiger partial charge in [-0.1, -0.05) is 39.0 Å². The summed E-state index contributed by atoms with van der Waals surface area (Å²) in [4.78, 5) is 12.1. The zero-order valence-electron chi connectivity index (χ0n) is 12.7. The Kier molecular flexibility index (Phi) is 6.60. The van der Waals surface area contributed by atoms with Gasteiger partial charge < -0.3 is 5.32 Å². The molecule has 0 aliphatic heterocycles. The maximum absolute atomic E-state index is 12.1. The Labute approximate surface area is 116 Å². The van der Waals surface area contributed by atoms with Gasteiger partial charge in [-0.05, 0) is 20.3 Å². The van der Waals surface area contributed by atoms with E-state index in [0.29, 0.717) is 5.56 Å². The van der Waals surface area contributed by atoms with Gasteiger partial charge in [0, 0.05) is 19.3 Å². The third kappa shape index (κ3) is 5.45. The topological polar surface area (TPSA) is 46.9 Å². The van der Waals surface area contributed by atoms with Gasteiger partial charge >= 0.3 is 0 Å². The molecule has 1 atom stereocenters. The lowest BCUT2D eigenvalue weighted by Crippen LogP contribution is -2.32. The van der Waals surface area contributed by atoms with Crippen LogP contribution in [0.4, 0.5) is 0 Å². The molecule has 1 rings (SSSR count).